The van der Waals surface area contributed by atoms with E-state index in [1.165, 1.54) is 11.6 Å². The summed E-state index contributed by atoms with van der Waals surface area (Å²) in [7, 11) is 4.00. The van der Waals surface area contributed by atoms with Gasteiger partial charge in [0.1, 0.15) is 5.82 Å². The molecule has 0 aromatic heterocycles. The minimum absolute atomic E-state index is 0.141. The van der Waals surface area contributed by atoms with Gasteiger partial charge in [0.2, 0.25) is 0 Å². The van der Waals surface area contributed by atoms with Crippen LogP contribution in [0.4, 0.5) is 4.39 Å². The third-order valence-corrected chi connectivity index (χ3v) is 4.02. The lowest BCUT2D eigenvalue weighted by Crippen LogP contribution is -2.39. The minimum Gasteiger partial charge on any atom is -0.312 e. The van der Waals surface area contributed by atoms with Gasteiger partial charge in [-0.25, -0.2) is 4.39 Å². The van der Waals surface area contributed by atoms with Crippen LogP contribution in [0.3, 0.4) is 0 Å². The number of rotatable bonds is 6. The van der Waals surface area contributed by atoms with Crippen LogP contribution >= 0.6 is 0 Å². The molecule has 112 valence electrons. The van der Waals surface area contributed by atoms with Gasteiger partial charge in [-0.2, -0.15) is 0 Å². The number of halogens is 1. The van der Waals surface area contributed by atoms with Crippen molar-refractivity contribution < 1.29 is 4.39 Å². The Bertz CT molecular complexity index is 556. The highest BCUT2D eigenvalue weighted by atomic mass is 19.1. The zero-order chi connectivity index (χ0) is 15.2. The van der Waals surface area contributed by atoms with Gasteiger partial charge in [-0.1, -0.05) is 48.5 Å². The summed E-state index contributed by atoms with van der Waals surface area (Å²) in [4.78, 5) is 2.17. The summed E-state index contributed by atoms with van der Waals surface area (Å²) in [5.74, 6) is -0.141. The van der Waals surface area contributed by atoms with Crippen LogP contribution in [0.15, 0.2) is 54.6 Å². The Morgan fingerprint density at radius 2 is 1.67 bits per heavy atom. The monoisotopic (exact) mass is 286 g/mol. The smallest absolute Gasteiger partial charge is 0.127 e. The van der Waals surface area contributed by atoms with Crippen molar-refractivity contribution in [3.05, 3.63) is 71.5 Å². The van der Waals surface area contributed by atoms with E-state index >= 15 is 0 Å². The van der Waals surface area contributed by atoms with Gasteiger partial charge >= 0.3 is 0 Å². The van der Waals surface area contributed by atoms with Crippen LogP contribution in [0.2, 0.25) is 0 Å². The maximum absolute atomic E-state index is 13.8. The molecule has 2 aromatic carbocycles. The zero-order valence-corrected chi connectivity index (χ0v) is 12.9. The molecular weight excluding hydrogens is 263 g/mol. The zero-order valence-electron chi connectivity index (χ0n) is 12.9. The maximum Gasteiger partial charge on any atom is 0.127 e. The molecule has 3 heteroatoms. The van der Waals surface area contributed by atoms with Gasteiger partial charge < -0.3 is 5.32 Å². The van der Waals surface area contributed by atoms with E-state index in [2.05, 4.69) is 29.3 Å². The molecule has 0 bridgehead atoms. The average molecular weight is 286 g/mol. The number of likely N-dealkylation sites (N-methyl/N-ethyl adjacent to an activating group) is 2. The molecule has 0 aliphatic rings. The minimum atomic E-state index is -0.141. The van der Waals surface area contributed by atoms with E-state index in [1.807, 2.05) is 44.4 Å². The number of hydrogen-bond acceptors (Lipinski definition) is 2. The lowest BCUT2D eigenvalue weighted by Gasteiger charge is -2.32. The van der Waals surface area contributed by atoms with Crippen molar-refractivity contribution in [1.82, 2.24) is 10.2 Å². The summed E-state index contributed by atoms with van der Waals surface area (Å²) in [6, 6.07) is 17.8. The first-order valence-corrected chi connectivity index (χ1v) is 7.29. The van der Waals surface area contributed by atoms with Crippen LogP contribution in [0.1, 0.15) is 24.1 Å². The Balaban J connectivity index is 2.11. The van der Waals surface area contributed by atoms with Crippen molar-refractivity contribution in [2.45, 2.75) is 25.6 Å². The molecule has 0 heterocycles. The van der Waals surface area contributed by atoms with Crippen molar-refractivity contribution in [3.8, 4) is 0 Å². The normalized spacial score (nSPS) is 14.1. The molecule has 0 radical (unpaired) electrons. The highest BCUT2D eigenvalue weighted by molar-refractivity contribution is 5.21. The Morgan fingerprint density at radius 1 is 1.05 bits per heavy atom. The second-order valence-corrected chi connectivity index (χ2v) is 5.42. The Hall–Kier alpha value is -1.71. The quantitative estimate of drug-likeness (QED) is 0.872. The van der Waals surface area contributed by atoms with Gasteiger partial charge in [0.05, 0.1) is 0 Å². The molecule has 21 heavy (non-hydrogen) atoms. The van der Waals surface area contributed by atoms with Crippen molar-refractivity contribution >= 4 is 0 Å². The molecule has 2 nitrogen and oxygen atoms in total. The number of nitrogens with one attached hydrogen (secondary N) is 1. The number of nitrogens with zero attached hydrogens (tertiary/aromatic N) is 1. The van der Waals surface area contributed by atoms with Gasteiger partial charge in [-0.05, 0) is 32.6 Å². The van der Waals surface area contributed by atoms with Crippen LogP contribution < -0.4 is 5.32 Å². The molecule has 1 N–H and O–H groups in total. The SMILES string of the molecule is CNC(c1ccccc1)C(C)N(C)Cc1ccccc1F. The molecule has 0 aliphatic carbocycles. The molecule has 0 saturated heterocycles. The predicted octanol–water partition coefficient (Wildman–Crippen LogP) is 3.61. The van der Waals surface area contributed by atoms with Crippen molar-refractivity contribution in [3.63, 3.8) is 0 Å². The van der Waals surface area contributed by atoms with Gasteiger partial charge in [-0.3, -0.25) is 4.90 Å². The fourth-order valence-corrected chi connectivity index (χ4v) is 2.64. The first-order chi connectivity index (χ1) is 10.1. The van der Waals surface area contributed by atoms with E-state index in [1.54, 1.807) is 6.07 Å². The van der Waals surface area contributed by atoms with Gasteiger partial charge in [0.15, 0.2) is 0 Å². The molecule has 0 amide bonds. The molecule has 2 unspecified atom stereocenters. The third-order valence-electron chi connectivity index (χ3n) is 4.02. The summed E-state index contributed by atoms with van der Waals surface area (Å²) in [6.07, 6.45) is 0. The van der Waals surface area contributed by atoms with Crippen LogP contribution in [0, 0.1) is 5.82 Å². The summed E-state index contributed by atoms with van der Waals surface area (Å²) < 4.78 is 13.8. The highest BCUT2D eigenvalue weighted by Crippen LogP contribution is 2.21. The Morgan fingerprint density at radius 3 is 2.29 bits per heavy atom. The highest BCUT2D eigenvalue weighted by Gasteiger charge is 2.21. The van der Waals surface area contributed by atoms with Crippen LogP contribution in [0.5, 0.6) is 0 Å². The molecular formula is C18H23FN2. The second kappa shape index (κ2) is 7.34. The van der Waals surface area contributed by atoms with E-state index < -0.39 is 0 Å². The maximum atomic E-state index is 13.8. The molecule has 2 aromatic rings. The van der Waals surface area contributed by atoms with E-state index in [0.29, 0.717) is 6.54 Å². The fourth-order valence-electron chi connectivity index (χ4n) is 2.64. The summed E-state index contributed by atoms with van der Waals surface area (Å²) in [5.41, 5.74) is 1.97. The van der Waals surface area contributed by atoms with Crippen molar-refractivity contribution in [1.29, 1.82) is 0 Å². The largest absolute Gasteiger partial charge is 0.312 e. The predicted molar refractivity (Wildman–Crippen MR) is 85.6 cm³/mol. The van der Waals surface area contributed by atoms with Crippen LogP contribution in [-0.2, 0) is 6.54 Å². The van der Waals surface area contributed by atoms with E-state index in [0.717, 1.165) is 5.56 Å². The topological polar surface area (TPSA) is 15.3 Å². The molecule has 0 saturated carbocycles. The summed E-state index contributed by atoms with van der Waals surface area (Å²) in [6.45, 7) is 2.76. The van der Waals surface area contributed by atoms with Gasteiger partial charge in [-0.15, -0.1) is 0 Å². The van der Waals surface area contributed by atoms with Gasteiger partial charge in [0, 0.05) is 24.2 Å². The second-order valence-electron chi connectivity index (χ2n) is 5.42. The fraction of sp³-hybridized carbons (Fsp3) is 0.333. The van der Waals surface area contributed by atoms with Crippen molar-refractivity contribution in [2.24, 2.45) is 0 Å². The van der Waals surface area contributed by atoms with Crippen LogP contribution in [-0.4, -0.2) is 25.0 Å². The number of benzene rings is 2. The lowest BCUT2D eigenvalue weighted by molar-refractivity contribution is 0.202. The van der Waals surface area contributed by atoms with Crippen molar-refractivity contribution in [2.75, 3.05) is 14.1 Å². The molecule has 0 spiro atoms. The first kappa shape index (κ1) is 15.7. The van der Waals surface area contributed by atoms with Gasteiger partial charge in [0.25, 0.3) is 0 Å². The third kappa shape index (κ3) is 3.90. The Kier molecular flexibility index (Phi) is 5.48. The summed E-state index contributed by atoms with van der Waals surface area (Å²) >= 11 is 0. The summed E-state index contributed by atoms with van der Waals surface area (Å²) in [5, 5.41) is 3.36. The first-order valence-electron chi connectivity index (χ1n) is 7.29. The average Bonchev–Trinajstić information content (AvgIpc) is 2.51. The number of hydrogen-bond donors (Lipinski definition) is 1. The van der Waals surface area contributed by atoms with Crippen LogP contribution in [0.25, 0.3) is 0 Å². The molecule has 2 atom stereocenters. The molecule has 0 fully saturated rings. The standard InChI is InChI=1S/C18H23FN2/c1-14(18(20-2)15-9-5-4-6-10-15)21(3)13-16-11-7-8-12-17(16)19/h4-12,14,18,20H,13H2,1-3H3. The van der Waals surface area contributed by atoms with E-state index in [4.69, 9.17) is 0 Å². The lowest BCUT2D eigenvalue weighted by atomic mass is 9.99. The molecule has 0 aliphatic heterocycles. The Labute approximate surface area is 126 Å². The molecule has 2 rings (SSSR count). The van der Waals surface area contributed by atoms with E-state index in [-0.39, 0.29) is 17.9 Å². The van der Waals surface area contributed by atoms with E-state index in [9.17, 15) is 4.39 Å².